The molecule has 0 saturated heterocycles. The van der Waals surface area contributed by atoms with Crippen molar-refractivity contribution in [3.63, 3.8) is 0 Å². The highest BCUT2D eigenvalue weighted by Gasteiger charge is 2.23. The summed E-state index contributed by atoms with van der Waals surface area (Å²) in [5.74, 6) is -0.195. The van der Waals surface area contributed by atoms with Crippen LogP contribution in [-0.4, -0.2) is 18.0 Å². The van der Waals surface area contributed by atoms with Crippen LogP contribution in [0.1, 0.15) is 44.7 Å². The molecule has 0 aliphatic rings. The Morgan fingerprint density at radius 1 is 1.30 bits per heavy atom. The zero-order valence-corrected chi connectivity index (χ0v) is 14.0. The summed E-state index contributed by atoms with van der Waals surface area (Å²) in [7, 11) is 0. The van der Waals surface area contributed by atoms with E-state index >= 15 is 0 Å². The van der Waals surface area contributed by atoms with E-state index in [0.29, 0.717) is 18.9 Å². The number of hydrogen-bond donors (Lipinski definition) is 0. The molecule has 0 radical (unpaired) electrons. The maximum atomic E-state index is 11.7. The number of alkyl halides is 1. The van der Waals surface area contributed by atoms with Crippen molar-refractivity contribution in [2.75, 3.05) is 6.61 Å². The first-order chi connectivity index (χ1) is 9.36. The van der Waals surface area contributed by atoms with Crippen LogP contribution in [0.5, 0.6) is 0 Å². The van der Waals surface area contributed by atoms with Gasteiger partial charge in [-0.3, -0.25) is 4.79 Å². The molecular weight excluding hydrogens is 295 g/mol. The van der Waals surface area contributed by atoms with Gasteiger partial charge in [-0.05, 0) is 36.5 Å². The number of esters is 1. The number of rotatable bonds is 6. The predicted molar refractivity (Wildman–Crippen MR) is 84.7 cm³/mol. The second kappa shape index (κ2) is 7.90. The first kappa shape index (κ1) is 17.3. The lowest BCUT2D eigenvalue weighted by atomic mass is 9.97. The monoisotopic (exact) mass is 316 g/mol. The standard InChI is InChI=1S/C16H22Cl2O2/c1-5-20-16(19)11(4)14(17)8-12-6-7-13(10(2)3)15(18)9-12/h6-7,9-11,14H,5,8H2,1-4H3. The minimum Gasteiger partial charge on any atom is -0.466 e. The number of hydrogen-bond acceptors (Lipinski definition) is 2. The zero-order valence-electron chi connectivity index (χ0n) is 12.5. The minimum absolute atomic E-state index is 0.252. The van der Waals surface area contributed by atoms with Crippen molar-refractivity contribution in [3.05, 3.63) is 34.3 Å². The third kappa shape index (κ3) is 4.68. The lowest BCUT2D eigenvalue weighted by Crippen LogP contribution is -2.25. The molecule has 0 fully saturated rings. The smallest absolute Gasteiger partial charge is 0.310 e. The van der Waals surface area contributed by atoms with Crippen LogP contribution in [0.2, 0.25) is 5.02 Å². The van der Waals surface area contributed by atoms with Crippen LogP contribution in [0.3, 0.4) is 0 Å². The molecule has 1 rings (SSSR count). The van der Waals surface area contributed by atoms with Crippen molar-refractivity contribution < 1.29 is 9.53 Å². The van der Waals surface area contributed by atoms with E-state index in [1.807, 2.05) is 18.2 Å². The summed E-state index contributed by atoms with van der Waals surface area (Å²) in [4.78, 5) is 11.7. The van der Waals surface area contributed by atoms with Gasteiger partial charge in [0.1, 0.15) is 0 Å². The lowest BCUT2D eigenvalue weighted by Gasteiger charge is -2.17. The summed E-state index contributed by atoms with van der Waals surface area (Å²) in [5.41, 5.74) is 2.16. The Balaban J connectivity index is 2.73. The van der Waals surface area contributed by atoms with Crippen molar-refractivity contribution in [2.24, 2.45) is 5.92 Å². The van der Waals surface area contributed by atoms with E-state index in [1.54, 1.807) is 13.8 Å². The molecule has 0 spiro atoms. The normalized spacial score (nSPS) is 14.2. The van der Waals surface area contributed by atoms with Crippen LogP contribution < -0.4 is 0 Å². The average Bonchev–Trinajstić information content (AvgIpc) is 2.37. The summed E-state index contributed by atoms with van der Waals surface area (Å²) in [5, 5.41) is 0.458. The highest BCUT2D eigenvalue weighted by molar-refractivity contribution is 6.31. The van der Waals surface area contributed by atoms with Crippen LogP contribution >= 0.6 is 23.2 Å². The van der Waals surface area contributed by atoms with Gasteiger partial charge < -0.3 is 4.74 Å². The molecule has 20 heavy (non-hydrogen) atoms. The fraction of sp³-hybridized carbons (Fsp3) is 0.562. The molecule has 0 saturated carbocycles. The van der Waals surface area contributed by atoms with Crippen molar-refractivity contribution in [1.82, 2.24) is 0 Å². The van der Waals surface area contributed by atoms with Gasteiger partial charge in [-0.15, -0.1) is 11.6 Å². The number of halogens is 2. The fourth-order valence-electron chi connectivity index (χ4n) is 1.99. The second-order valence-electron chi connectivity index (χ2n) is 5.27. The number of carbonyl (C=O) groups is 1. The molecular formula is C16H22Cl2O2. The maximum Gasteiger partial charge on any atom is 0.310 e. The van der Waals surface area contributed by atoms with Crippen LogP contribution in [0.25, 0.3) is 0 Å². The van der Waals surface area contributed by atoms with E-state index in [2.05, 4.69) is 13.8 Å². The topological polar surface area (TPSA) is 26.3 Å². The first-order valence-corrected chi connectivity index (χ1v) is 7.77. The van der Waals surface area contributed by atoms with Crippen LogP contribution in [0, 0.1) is 5.92 Å². The summed E-state index contributed by atoms with van der Waals surface area (Å²) < 4.78 is 4.99. The van der Waals surface area contributed by atoms with Crippen LogP contribution in [0.15, 0.2) is 18.2 Å². The summed E-state index contributed by atoms with van der Waals surface area (Å²) in [6, 6.07) is 5.99. The maximum absolute atomic E-state index is 11.7. The Hall–Kier alpha value is -0.730. The van der Waals surface area contributed by atoms with E-state index in [-0.39, 0.29) is 17.3 Å². The number of carbonyl (C=O) groups excluding carboxylic acids is 1. The molecule has 0 aromatic heterocycles. The number of benzene rings is 1. The molecule has 0 bridgehead atoms. The largest absolute Gasteiger partial charge is 0.466 e. The van der Waals surface area contributed by atoms with Crippen molar-refractivity contribution in [1.29, 1.82) is 0 Å². The predicted octanol–water partition coefficient (Wildman–Crippen LogP) is 4.81. The average molecular weight is 317 g/mol. The van der Waals surface area contributed by atoms with Gasteiger partial charge in [-0.1, -0.05) is 44.5 Å². The van der Waals surface area contributed by atoms with E-state index in [4.69, 9.17) is 27.9 Å². The SMILES string of the molecule is CCOC(=O)C(C)C(Cl)Cc1ccc(C(C)C)c(Cl)c1. The molecule has 112 valence electrons. The van der Waals surface area contributed by atoms with E-state index < -0.39 is 0 Å². The highest BCUT2D eigenvalue weighted by Crippen LogP contribution is 2.27. The van der Waals surface area contributed by atoms with Gasteiger partial charge >= 0.3 is 5.97 Å². The molecule has 0 amide bonds. The highest BCUT2D eigenvalue weighted by atomic mass is 35.5. The summed E-state index contributed by atoms with van der Waals surface area (Å²) in [6.07, 6.45) is 0.597. The molecule has 4 heteroatoms. The van der Waals surface area contributed by atoms with Crippen molar-refractivity contribution in [3.8, 4) is 0 Å². The Kier molecular flexibility index (Phi) is 6.84. The van der Waals surface area contributed by atoms with Gasteiger partial charge in [-0.2, -0.15) is 0 Å². The molecule has 2 atom stereocenters. The van der Waals surface area contributed by atoms with E-state index in [9.17, 15) is 4.79 Å². The quantitative estimate of drug-likeness (QED) is 0.556. The zero-order chi connectivity index (χ0) is 15.3. The van der Waals surface area contributed by atoms with Gasteiger partial charge in [-0.25, -0.2) is 0 Å². The molecule has 2 unspecified atom stereocenters. The van der Waals surface area contributed by atoms with E-state index in [0.717, 1.165) is 16.1 Å². The third-order valence-corrected chi connectivity index (χ3v) is 4.18. The van der Waals surface area contributed by atoms with Crippen LogP contribution in [-0.2, 0) is 16.0 Å². The van der Waals surface area contributed by atoms with Gasteiger partial charge in [0.05, 0.1) is 17.9 Å². The molecule has 0 heterocycles. The Bertz CT molecular complexity index is 458. The molecule has 0 aliphatic heterocycles. The first-order valence-electron chi connectivity index (χ1n) is 6.95. The number of ether oxygens (including phenoxy) is 1. The second-order valence-corrected chi connectivity index (χ2v) is 6.24. The fourth-order valence-corrected chi connectivity index (χ4v) is 2.69. The molecule has 2 nitrogen and oxygen atoms in total. The molecule has 1 aromatic rings. The third-order valence-electron chi connectivity index (χ3n) is 3.32. The minimum atomic E-state index is -0.333. The summed E-state index contributed by atoms with van der Waals surface area (Å²) in [6.45, 7) is 8.17. The summed E-state index contributed by atoms with van der Waals surface area (Å²) >= 11 is 12.6. The van der Waals surface area contributed by atoms with Crippen LogP contribution in [0.4, 0.5) is 0 Å². The Morgan fingerprint density at radius 3 is 2.45 bits per heavy atom. The van der Waals surface area contributed by atoms with Crippen molar-refractivity contribution >= 4 is 29.2 Å². The van der Waals surface area contributed by atoms with Gasteiger partial charge in [0.15, 0.2) is 0 Å². The lowest BCUT2D eigenvalue weighted by molar-refractivity contribution is -0.147. The molecule has 1 aromatic carbocycles. The Morgan fingerprint density at radius 2 is 1.95 bits per heavy atom. The molecule has 0 N–H and O–H groups in total. The van der Waals surface area contributed by atoms with Gasteiger partial charge in [0.2, 0.25) is 0 Å². The van der Waals surface area contributed by atoms with E-state index in [1.165, 1.54) is 0 Å². The van der Waals surface area contributed by atoms with Crippen molar-refractivity contribution in [2.45, 2.75) is 45.4 Å². The molecule has 0 aliphatic carbocycles. The van der Waals surface area contributed by atoms with Gasteiger partial charge in [0, 0.05) is 5.02 Å². The Labute approximate surface area is 131 Å². The van der Waals surface area contributed by atoms with Gasteiger partial charge in [0.25, 0.3) is 0 Å².